The third-order valence-electron chi connectivity index (χ3n) is 4.93. The predicted molar refractivity (Wildman–Crippen MR) is 105 cm³/mol. The van der Waals surface area contributed by atoms with E-state index in [9.17, 15) is 22.8 Å². The number of likely N-dealkylation sites (tertiary alicyclic amines) is 1. The molecule has 1 fully saturated rings. The van der Waals surface area contributed by atoms with Gasteiger partial charge < -0.3 is 15.0 Å². The first kappa shape index (κ1) is 21.7. The molecule has 0 spiro atoms. The normalized spacial score (nSPS) is 16.3. The molecule has 2 aromatic rings. The summed E-state index contributed by atoms with van der Waals surface area (Å²) in [6.45, 7) is 2.18. The van der Waals surface area contributed by atoms with Crippen molar-refractivity contribution in [2.75, 3.05) is 13.1 Å². The highest BCUT2D eigenvalue weighted by Gasteiger charge is 2.32. The smallest absolute Gasteiger partial charge is 0.416 e. The van der Waals surface area contributed by atoms with Crippen LogP contribution >= 0.6 is 0 Å². The third-order valence-corrected chi connectivity index (χ3v) is 4.93. The Bertz CT molecular complexity index is 887. The molecule has 0 aliphatic carbocycles. The van der Waals surface area contributed by atoms with Crippen LogP contribution in [-0.2, 0) is 15.8 Å². The van der Waals surface area contributed by atoms with Crippen molar-refractivity contribution < 1.29 is 27.5 Å². The zero-order valence-electron chi connectivity index (χ0n) is 16.5. The Morgan fingerprint density at radius 3 is 2.53 bits per heavy atom. The first-order chi connectivity index (χ1) is 14.2. The number of hydrogen-bond acceptors (Lipinski definition) is 3. The highest BCUT2D eigenvalue weighted by molar-refractivity contribution is 5.81. The molecule has 0 bridgehead atoms. The molecule has 8 heteroatoms. The average molecular weight is 420 g/mol. The lowest BCUT2D eigenvalue weighted by atomic mass is 10.0. The maximum absolute atomic E-state index is 13.2. The molecule has 0 aromatic heterocycles. The summed E-state index contributed by atoms with van der Waals surface area (Å²) in [4.78, 5) is 26.3. The van der Waals surface area contributed by atoms with E-state index in [1.54, 1.807) is 36.1 Å². The summed E-state index contributed by atoms with van der Waals surface area (Å²) in [6.07, 6.45) is -4.28. The minimum Gasteiger partial charge on any atom is -0.481 e. The van der Waals surface area contributed by atoms with Crippen LogP contribution in [0.25, 0.3) is 0 Å². The summed E-state index contributed by atoms with van der Waals surface area (Å²) in [5.41, 5.74) is -0.523. The number of nitrogens with zero attached hydrogens (tertiary/aromatic N) is 1. The van der Waals surface area contributed by atoms with Crippen molar-refractivity contribution >= 4 is 11.8 Å². The van der Waals surface area contributed by atoms with Crippen LogP contribution in [-0.4, -0.2) is 35.9 Å². The van der Waals surface area contributed by atoms with E-state index < -0.39 is 29.8 Å². The number of amides is 2. The van der Waals surface area contributed by atoms with Crippen molar-refractivity contribution in [3.63, 3.8) is 0 Å². The summed E-state index contributed by atoms with van der Waals surface area (Å²) in [5.74, 6) is -0.0480. The van der Waals surface area contributed by atoms with Crippen LogP contribution < -0.4 is 10.1 Å². The lowest BCUT2D eigenvalue weighted by molar-refractivity contribution is -0.137. The SMILES string of the molecule is C[C@H](Oc1ccccc1)C(=O)N[C@@H](CN1CCCC1=O)c1cccc(C(F)(F)F)c1. The van der Waals surface area contributed by atoms with Crippen LogP contribution in [0, 0.1) is 0 Å². The number of benzene rings is 2. The Morgan fingerprint density at radius 1 is 1.17 bits per heavy atom. The van der Waals surface area contributed by atoms with Gasteiger partial charge in [-0.3, -0.25) is 9.59 Å². The van der Waals surface area contributed by atoms with Gasteiger partial charge in [0.15, 0.2) is 6.10 Å². The highest BCUT2D eigenvalue weighted by atomic mass is 19.4. The molecule has 1 aliphatic heterocycles. The van der Waals surface area contributed by atoms with Gasteiger partial charge in [-0.05, 0) is 43.2 Å². The summed E-state index contributed by atoms with van der Waals surface area (Å²) >= 11 is 0. The number of hydrogen-bond donors (Lipinski definition) is 1. The zero-order valence-corrected chi connectivity index (χ0v) is 16.5. The molecule has 0 radical (unpaired) electrons. The minimum atomic E-state index is -4.50. The molecule has 0 unspecified atom stereocenters. The van der Waals surface area contributed by atoms with Gasteiger partial charge in [-0.1, -0.05) is 30.3 Å². The quantitative estimate of drug-likeness (QED) is 0.738. The van der Waals surface area contributed by atoms with E-state index in [-0.39, 0.29) is 18.0 Å². The van der Waals surface area contributed by atoms with Crippen molar-refractivity contribution in [2.45, 2.75) is 38.1 Å². The van der Waals surface area contributed by atoms with Crippen LogP contribution in [0.1, 0.15) is 36.9 Å². The molecular weight excluding hydrogens is 397 g/mol. The highest BCUT2D eigenvalue weighted by Crippen LogP contribution is 2.31. The van der Waals surface area contributed by atoms with Gasteiger partial charge in [-0.2, -0.15) is 13.2 Å². The predicted octanol–water partition coefficient (Wildman–Crippen LogP) is 3.95. The first-order valence-corrected chi connectivity index (χ1v) is 9.71. The van der Waals surface area contributed by atoms with Gasteiger partial charge in [0, 0.05) is 19.5 Å². The number of halogens is 3. The van der Waals surface area contributed by atoms with Gasteiger partial charge in [-0.25, -0.2) is 0 Å². The molecule has 160 valence electrons. The van der Waals surface area contributed by atoms with Crippen molar-refractivity contribution in [2.24, 2.45) is 0 Å². The van der Waals surface area contributed by atoms with Crippen molar-refractivity contribution in [1.29, 1.82) is 0 Å². The van der Waals surface area contributed by atoms with Gasteiger partial charge in [0.25, 0.3) is 5.91 Å². The van der Waals surface area contributed by atoms with Crippen LogP contribution in [0.4, 0.5) is 13.2 Å². The molecule has 1 N–H and O–H groups in total. The van der Waals surface area contributed by atoms with E-state index in [1.807, 2.05) is 6.07 Å². The Hall–Kier alpha value is -3.03. The monoisotopic (exact) mass is 420 g/mol. The molecular formula is C22H23F3N2O3. The van der Waals surface area contributed by atoms with Crippen molar-refractivity contribution in [1.82, 2.24) is 10.2 Å². The zero-order chi connectivity index (χ0) is 21.7. The van der Waals surface area contributed by atoms with E-state index in [0.717, 1.165) is 12.1 Å². The summed E-state index contributed by atoms with van der Waals surface area (Å²) in [7, 11) is 0. The number of ether oxygens (including phenoxy) is 1. The lowest BCUT2D eigenvalue weighted by Crippen LogP contribution is -2.43. The molecule has 30 heavy (non-hydrogen) atoms. The molecule has 3 rings (SSSR count). The van der Waals surface area contributed by atoms with E-state index in [4.69, 9.17) is 4.74 Å². The number of carbonyl (C=O) groups is 2. The van der Waals surface area contributed by atoms with Crippen LogP contribution in [0.3, 0.4) is 0 Å². The van der Waals surface area contributed by atoms with Gasteiger partial charge in [-0.15, -0.1) is 0 Å². The summed E-state index contributed by atoms with van der Waals surface area (Å²) < 4.78 is 45.1. The standard InChI is InChI=1S/C22H23F3N2O3/c1-15(30-18-9-3-2-4-10-18)21(29)26-19(14-27-12-6-11-20(27)28)16-7-5-8-17(13-16)22(23,24)25/h2-5,7-10,13,15,19H,6,11-12,14H2,1H3,(H,26,29)/t15-,19-/m0/s1. The Balaban J connectivity index is 1.79. The largest absolute Gasteiger partial charge is 0.481 e. The summed E-state index contributed by atoms with van der Waals surface area (Å²) in [5, 5.41) is 2.75. The van der Waals surface area contributed by atoms with Gasteiger partial charge >= 0.3 is 6.18 Å². The molecule has 0 saturated carbocycles. The first-order valence-electron chi connectivity index (χ1n) is 9.71. The van der Waals surface area contributed by atoms with Crippen molar-refractivity contribution in [3.8, 4) is 5.75 Å². The van der Waals surface area contributed by atoms with Crippen LogP contribution in [0.5, 0.6) is 5.75 Å². The van der Waals surface area contributed by atoms with E-state index >= 15 is 0 Å². The number of alkyl halides is 3. The molecule has 2 aromatic carbocycles. The van der Waals surface area contributed by atoms with E-state index in [0.29, 0.717) is 25.1 Å². The molecule has 2 amide bonds. The van der Waals surface area contributed by atoms with Crippen LogP contribution in [0.2, 0.25) is 0 Å². The molecule has 5 nitrogen and oxygen atoms in total. The fourth-order valence-electron chi connectivity index (χ4n) is 3.33. The Morgan fingerprint density at radius 2 is 1.90 bits per heavy atom. The van der Waals surface area contributed by atoms with Gasteiger partial charge in [0.1, 0.15) is 5.75 Å². The number of para-hydroxylation sites is 1. The molecule has 1 aliphatic rings. The maximum Gasteiger partial charge on any atom is 0.416 e. The van der Waals surface area contributed by atoms with E-state index in [1.165, 1.54) is 12.1 Å². The number of carbonyl (C=O) groups excluding carboxylic acids is 2. The number of nitrogens with one attached hydrogen (secondary N) is 1. The van der Waals surface area contributed by atoms with Gasteiger partial charge in [0.05, 0.1) is 11.6 Å². The van der Waals surface area contributed by atoms with Crippen molar-refractivity contribution in [3.05, 3.63) is 65.7 Å². The third kappa shape index (κ3) is 5.52. The average Bonchev–Trinajstić information content (AvgIpc) is 3.12. The lowest BCUT2D eigenvalue weighted by Gasteiger charge is -2.27. The topological polar surface area (TPSA) is 58.6 Å². The second-order valence-corrected chi connectivity index (χ2v) is 7.20. The number of rotatable bonds is 7. The second-order valence-electron chi connectivity index (χ2n) is 7.20. The minimum absolute atomic E-state index is 0.0743. The fourth-order valence-corrected chi connectivity index (χ4v) is 3.33. The molecule has 1 saturated heterocycles. The van der Waals surface area contributed by atoms with Crippen LogP contribution in [0.15, 0.2) is 54.6 Å². The molecule has 1 heterocycles. The second kappa shape index (κ2) is 9.19. The Kier molecular flexibility index (Phi) is 6.64. The Labute approximate surface area is 172 Å². The van der Waals surface area contributed by atoms with E-state index in [2.05, 4.69) is 5.32 Å². The molecule has 2 atom stereocenters. The fraction of sp³-hybridized carbons (Fsp3) is 0.364. The maximum atomic E-state index is 13.2. The van der Waals surface area contributed by atoms with Gasteiger partial charge in [0.2, 0.25) is 5.91 Å². The summed E-state index contributed by atoms with van der Waals surface area (Å²) in [6, 6.07) is 12.8.